The number of nitrogens with one attached hydrogen (secondary N) is 1. The molecule has 1 saturated heterocycles. The van der Waals surface area contributed by atoms with Crippen LogP contribution in [-0.4, -0.2) is 22.0 Å². The van der Waals surface area contributed by atoms with E-state index >= 15 is 0 Å². The van der Waals surface area contributed by atoms with E-state index in [2.05, 4.69) is 4.98 Å². The molecule has 1 N–H and O–H groups in total. The van der Waals surface area contributed by atoms with Gasteiger partial charge in [-0.05, 0) is 61.3 Å². The summed E-state index contributed by atoms with van der Waals surface area (Å²) in [7, 11) is 0. The average molecular weight is 471 g/mol. The van der Waals surface area contributed by atoms with Gasteiger partial charge in [-0.1, -0.05) is 30.6 Å². The zero-order valence-corrected chi connectivity index (χ0v) is 19.0. The highest BCUT2D eigenvalue weighted by Gasteiger charge is 2.72. The van der Waals surface area contributed by atoms with E-state index in [4.69, 9.17) is 0 Å². The first-order valence-electron chi connectivity index (χ1n) is 11.5. The van der Waals surface area contributed by atoms with Gasteiger partial charge in [-0.25, -0.2) is 4.39 Å². The highest BCUT2D eigenvalue weighted by atomic mass is 32.2. The monoisotopic (exact) mass is 470 g/mol. The number of hydrogen-bond donors (Lipinski definition) is 1. The van der Waals surface area contributed by atoms with Gasteiger partial charge in [-0.2, -0.15) is 0 Å². The SMILES string of the molecule is O=C1[C@@H]2[C@H]3C[C@@H]([C@@H]2C(=O)N1c1ccc(F)cc1)[C@H]1[C@H]3Sc2[nH]c(=O)sc2C12CCCCC2. The van der Waals surface area contributed by atoms with Crippen molar-refractivity contribution in [3.63, 3.8) is 0 Å². The van der Waals surface area contributed by atoms with Crippen molar-refractivity contribution in [2.45, 2.75) is 54.2 Å². The Morgan fingerprint density at radius 2 is 1.66 bits per heavy atom. The van der Waals surface area contributed by atoms with Gasteiger partial charge in [0.25, 0.3) is 0 Å². The van der Waals surface area contributed by atoms with Crippen LogP contribution in [0.4, 0.5) is 10.1 Å². The Labute approximate surface area is 192 Å². The number of aromatic amines is 1. The largest absolute Gasteiger partial charge is 0.307 e. The van der Waals surface area contributed by atoms with Crippen LogP contribution in [0.25, 0.3) is 0 Å². The van der Waals surface area contributed by atoms with Crippen LogP contribution < -0.4 is 9.77 Å². The first kappa shape index (κ1) is 19.5. The van der Waals surface area contributed by atoms with Gasteiger partial charge in [0.1, 0.15) is 5.82 Å². The first-order valence-corrected chi connectivity index (χ1v) is 13.2. The normalized spacial score (nSPS) is 36.5. The number of carbonyl (C=O) groups excluding carboxylic acids is 2. The van der Waals surface area contributed by atoms with E-state index in [0.717, 1.165) is 37.1 Å². The summed E-state index contributed by atoms with van der Waals surface area (Å²) >= 11 is 3.12. The van der Waals surface area contributed by atoms with Gasteiger partial charge in [0, 0.05) is 15.5 Å². The number of benzene rings is 1. The average Bonchev–Trinajstić information content (AvgIpc) is 3.51. The van der Waals surface area contributed by atoms with Crippen molar-refractivity contribution in [2.75, 3.05) is 4.90 Å². The van der Waals surface area contributed by atoms with E-state index in [1.54, 1.807) is 11.8 Å². The lowest BCUT2D eigenvalue weighted by Gasteiger charge is -2.52. The van der Waals surface area contributed by atoms with Crippen LogP contribution in [0.1, 0.15) is 43.4 Å². The fraction of sp³-hybridized carbons (Fsp3) is 0.542. The smallest absolute Gasteiger partial charge is 0.305 e. The summed E-state index contributed by atoms with van der Waals surface area (Å²) in [6.07, 6.45) is 6.59. The van der Waals surface area contributed by atoms with Gasteiger partial charge >= 0.3 is 4.87 Å². The number of aromatic nitrogens is 1. The number of hydrogen-bond acceptors (Lipinski definition) is 5. The summed E-state index contributed by atoms with van der Waals surface area (Å²) in [6, 6.07) is 5.67. The Bertz CT molecular complexity index is 1200. The van der Waals surface area contributed by atoms with Crippen molar-refractivity contribution in [2.24, 2.45) is 29.6 Å². The lowest BCUT2D eigenvalue weighted by atomic mass is 9.57. The molecule has 1 aromatic carbocycles. The zero-order valence-electron chi connectivity index (χ0n) is 17.4. The van der Waals surface area contributed by atoms with Crippen LogP contribution in [0.2, 0.25) is 0 Å². The molecule has 1 aromatic heterocycles. The second-order valence-electron chi connectivity index (χ2n) is 10.1. The number of fused-ring (bicyclic) bond motifs is 11. The van der Waals surface area contributed by atoms with Crippen LogP contribution in [0.3, 0.4) is 0 Å². The summed E-state index contributed by atoms with van der Waals surface area (Å²) in [5.74, 6) is -0.528. The van der Waals surface area contributed by atoms with Gasteiger partial charge in [-0.15, -0.1) is 11.8 Å². The number of nitrogens with zero attached hydrogens (tertiary/aromatic N) is 1. The van der Waals surface area contributed by atoms with Crippen molar-refractivity contribution >= 4 is 40.6 Å². The maximum Gasteiger partial charge on any atom is 0.305 e. The minimum Gasteiger partial charge on any atom is -0.307 e. The van der Waals surface area contributed by atoms with Crippen molar-refractivity contribution in [1.82, 2.24) is 4.98 Å². The van der Waals surface area contributed by atoms with E-state index in [-0.39, 0.29) is 56.8 Å². The molecule has 6 atom stereocenters. The Kier molecular flexibility index (Phi) is 4.01. The molecule has 5 aliphatic rings. The fourth-order valence-corrected chi connectivity index (χ4v) is 11.1. The predicted molar refractivity (Wildman–Crippen MR) is 120 cm³/mol. The summed E-state index contributed by atoms with van der Waals surface area (Å²) < 4.78 is 13.4. The minimum absolute atomic E-state index is 0.00889. The molecule has 4 fully saturated rings. The Hall–Kier alpha value is -1.93. The lowest BCUT2D eigenvalue weighted by molar-refractivity contribution is -0.123. The minimum atomic E-state index is -0.380. The van der Waals surface area contributed by atoms with Gasteiger partial charge in [0.05, 0.1) is 22.5 Å². The van der Waals surface area contributed by atoms with Crippen molar-refractivity contribution in [3.05, 3.63) is 44.6 Å². The topological polar surface area (TPSA) is 70.2 Å². The number of H-pyrrole nitrogens is 1. The number of imide groups is 1. The number of thioether (sulfide) groups is 1. The van der Waals surface area contributed by atoms with Gasteiger partial charge in [-0.3, -0.25) is 19.3 Å². The molecule has 5 nitrogen and oxygen atoms in total. The van der Waals surface area contributed by atoms with Crippen LogP contribution in [-0.2, 0) is 15.0 Å². The molecular formula is C24H23FN2O3S2. The summed E-state index contributed by atoms with van der Waals surface area (Å²) in [4.78, 5) is 45.1. The number of carbonyl (C=O) groups is 2. The van der Waals surface area contributed by atoms with Crippen LogP contribution in [0.15, 0.2) is 34.1 Å². The molecule has 0 radical (unpaired) electrons. The van der Waals surface area contributed by atoms with Gasteiger partial charge in [0.2, 0.25) is 11.8 Å². The molecule has 1 spiro atoms. The van der Waals surface area contributed by atoms with Gasteiger partial charge < -0.3 is 4.98 Å². The highest BCUT2D eigenvalue weighted by molar-refractivity contribution is 8.00. The molecule has 32 heavy (non-hydrogen) atoms. The molecular weight excluding hydrogens is 447 g/mol. The molecule has 2 bridgehead atoms. The number of anilines is 1. The molecule has 0 unspecified atom stereocenters. The molecule has 8 heteroatoms. The molecule has 2 aliphatic heterocycles. The summed E-state index contributed by atoms with van der Waals surface area (Å²) in [6.45, 7) is 0. The highest BCUT2D eigenvalue weighted by Crippen LogP contribution is 2.71. The van der Waals surface area contributed by atoms with Crippen LogP contribution in [0.5, 0.6) is 0 Å². The van der Waals surface area contributed by atoms with Crippen molar-refractivity contribution in [1.29, 1.82) is 0 Å². The van der Waals surface area contributed by atoms with E-state index in [1.165, 1.54) is 51.8 Å². The van der Waals surface area contributed by atoms with Crippen LogP contribution >= 0.6 is 23.1 Å². The Balaban J connectivity index is 1.32. The first-order chi connectivity index (χ1) is 15.5. The predicted octanol–water partition coefficient (Wildman–Crippen LogP) is 4.32. The second kappa shape index (κ2) is 6.56. The number of rotatable bonds is 1. The molecule has 2 aromatic rings. The zero-order chi connectivity index (χ0) is 21.8. The van der Waals surface area contributed by atoms with Crippen molar-refractivity contribution in [3.8, 4) is 0 Å². The molecule has 2 amide bonds. The molecule has 166 valence electrons. The molecule has 3 aliphatic carbocycles. The third kappa shape index (κ3) is 2.32. The summed E-state index contributed by atoms with van der Waals surface area (Å²) in [5, 5.41) is 1.28. The van der Waals surface area contributed by atoms with Gasteiger partial charge in [0.15, 0.2) is 0 Å². The molecule has 3 saturated carbocycles. The van der Waals surface area contributed by atoms with E-state index in [0.29, 0.717) is 11.6 Å². The lowest BCUT2D eigenvalue weighted by Crippen LogP contribution is -2.51. The van der Waals surface area contributed by atoms with E-state index < -0.39 is 0 Å². The van der Waals surface area contributed by atoms with Crippen molar-refractivity contribution < 1.29 is 14.0 Å². The number of amides is 2. The molecule has 3 heterocycles. The molecule has 7 rings (SSSR count). The quantitative estimate of drug-likeness (QED) is 0.630. The number of halogens is 1. The maximum absolute atomic E-state index is 13.6. The Morgan fingerprint density at radius 3 is 2.38 bits per heavy atom. The Morgan fingerprint density at radius 1 is 0.969 bits per heavy atom. The maximum atomic E-state index is 13.6. The van der Waals surface area contributed by atoms with E-state index in [1.807, 2.05) is 0 Å². The van der Waals surface area contributed by atoms with E-state index in [9.17, 15) is 18.8 Å². The fourth-order valence-electron chi connectivity index (χ4n) is 7.92. The summed E-state index contributed by atoms with van der Waals surface area (Å²) in [5.41, 5.74) is 0.436. The van der Waals surface area contributed by atoms with Crippen LogP contribution in [0, 0.1) is 35.4 Å². The number of thiazole rings is 1. The third-order valence-electron chi connectivity index (χ3n) is 8.89. The second-order valence-corrected chi connectivity index (χ2v) is 12.3. The standard InChI is InChI=1S/C24H23FN2O3S2/c25-11-4-6-12(7-5-11)27-21(28)15-13-10-14(16(15)22(27)29)18-17(13)24(8-2-1-3-9-24)19-20(31-18)26-23(30)32-19/h4-7,13-18H,1-3,8-10H2,(H,26,30)/t13-,14+,15-,16+,17-,18-/m0/s1. The third-order valence-corrected chi connectivity index (χ3v) is 11.6.